The predicted octanol–water partition coefficient (Wildman–Crippen LogP) is 0.745. The van der Waals surface area contributed by atoms with Crippen molar-refractivity contribution >= 4 is 5.71 Å². The molecule has 0 saturated heterocycles. The first-order valence-corrected chi connectivity index (χ1v) is 4.75. The van der Waals surface area contributed by atoms with Crippen LogP contribution in [-0.2, 0) is 7.05 Å². The molecule has 1 N–H and O–H groups in total. The van der Waals surface area contributed by atoms with Gasteiger partial charge in [0.15, 0.2) is 5.71 Å². The van der Waals surface area contributed by atoms with Gasteiger partial charge in [-0.05, 0) is 22.9 Å². The van der Waals surface area contributed by atoms with Gasteiger partial charge < -0.3 is 5.21 Å². The number of oxime groups is 1. The fourth-order valence-electron chi connectivity index (χ4n) is 1.49. The van der Waals surface area contributed by atoms with Crippen LogP contribution in [0.25, 0.3) is 0 Å². The SMILES string of the molecule is Cc1ccccc1C(=NO)c1nnnn1C. The van der Waals surface area contributed by atoms with Gasteiger partial charge in [-0.1, -0.05) is 29.4 Å². The van der Waals surface area contributed by atoms with Crippen molar-refractivity contribution in [2.24, 2.45) is 12.2 Å². The number of benzene rings is 1. The van der Waals surface area contributed by atoms with E-state index in [0.717, 1.165) is 11.1 Å². The summed E-state index contributed by atoms with van der Waals surface area (Å²) in [5.74, 6) is 0.428. The standard InChI is InChI=1S/C10H11N5O/c1-7-5-3-4-6-8(7)9(12-16)10-11-13-14-15(10)2/h3-6,16H,1-2H3. The average Bonchev–Trinajstić information content (AvgIpc) is 2.69. The summed E-state index contributed by atoms with van der Waals surface area (Å²) in [4.78, 5) is 0. The van der Waals surface area contributed by atoms with Crippen LogP contribution in [-0.4, -0.2) is 31.1 Å². The largest absolute Gasteiger partial charge is 0.410 e. The molecule has 82 valence electrons. The molecule has 1 heterocycles. The zero-order chi connectivity index (χ0) is 11.5. The molecule has 0 aliphatic carbocycles. The van der Waals surface area contributed by atoms with Crippen molar-refractivity contribution in [3.63, 3.8) is 0 Å². The van der Waals surface area contributed by atoms with E-state index >= 15 is 0 Å². The smallest absolute Gasteiger partial charge is 0.204 e. The van der Waals surface area contributed by atoms with Crippen molar-refractivity contribution < 1.29 is 5.21 Å². The van der Waals surface area contributed by atoms with E-state index in [-0.39, 0.29) is 0 Å². The lowest BCUT2D eigenvalue weighted by atomic mass is 10.0. The minimum absolute atomic E-state index is 0.366. The lowest BCUT2D eigenvalue weighted by Gasteiger charge is -2.05. The molecule has 1 aromatic carbocycles. The molecule has 16 heavy (non-hydrogen) atoms. The summed E-state index contributed by atoms with van der Waals surface area (Å²) in [6.45, 7) is 1.93. The van der Waals surface area contributed by atoms with Gasteiger partial charge in [0.05, 0.1) is 0 Å². The topological polar surface area (TPSA) is 76.2 Å². The zero-order valence-electron chi connectivity index (χ0n) is 8.99. The van der Waals surface area contributed by atoms with Crippen LogP contribution < -0.4 is 0 Å². The molecular formula is C10H11N5O. The molecule has 0 aliphatic heterocycles. The maximum Gasteiger partial charge on any atom is 0.204 e. The van der Waals surface area contributed by atoms with E-state index in [1.165, 1.54) is 4.68 Å². The fourth-order valence-corrected chi connectivity index (χ4v) is 1.49. The highest BCUT2D eigenvalue weighted by atomic mass is 16.4. The van der Waals surface area contributed by atoms with Gasteiger partial charge in [0, 0.05) is 12.6 Å². The summed E-state index contributed by atoms with van der Waals surface area (Å²) >= 11 is 0. The number of aromatic nitrogens is 4. The Hall–Kier alpha value is -2.24. The molecule has 2 aromatic rings. The Balaban J connectivity index is 2.55. The molecule has 0 atom stereocenters. The number of rotatable bonds is 2. The van der Waals surface area contributed by atoms with E-state index in [1.807, 2.05) is 31.2 Å². The Kier molecular flexibility index (Phi) is 2.63. The van der Waals surface area contributed by atoms with E-state index in [1.54, 1.807) is 7.05 Å². The van der Waals surface area contributed by atoms with Gasteiger partial charge in [0.1, 0.15) is 0 Å². The van der Waals surface area contributed by atoms with Crippen molar-refractivity contribution in [2.45, 2.75) is 6.92 Å². The Morgan fingerprint density at radius 1 is 1.38 bits per heavy atom. The highest BCUT2D eigenvalue weighted by molar-refractivity contribution is 6.11. The summed E-state index contributed by atoms with van der Waals surface area (Å²) < 4.78 is 1.46. The van der Waals surface area contributed by atoms with Gasteiger partial charge in [-0.25, -0.2) is 4.68 Å². The van der Waals surface area contributed by atoms with Crippen molar-refractivity contribution in [3.8, 4) is 0 Å². The minimum Gasteiger partial charge on any atom is -0.410 e. The van der Waals surface area contributed by atoms with E-state index in [9.17, 15) is 0 Å². The van der Waals surface area contributed by atoms with E-state index < -0.39 is 0 Å². The predicted molar refractivity (Wildman–Crippen MR) is 57.4 cm³/mol. The number of tetrazole rings is 1. The van der Waals surface area contributed by atoms with Crippen molar-refractivity contribution in [3.05, 3.63) is 41.2 Å². The summed E-state index contributed by atoms with van der Waals surface area (Å²) in [5.41, 5.74) is 2.17. The normalized spacial score (nSPS) is 11.8. The zero-order valence-corrected chi connectivity index (χ0v) is 8.99. The van der Waals surface area contributed by atoms with Crippen LogP contribution in [0.1, 0.15) is 17.0 Å². The second kappa shape index (κ2) is 4.09. The molecule has 0 bridgehead atoms. The molecule has 0 amide bonds. The molecule has 0 radical (unpaired) electrons. The van der Waals surface area contributed by atoms with Crippen molar-refractivity contribution in [1.29, 1.82) is 0 Å². The average molecular weight is 217 g/mol. The first kappa shape index (κ1) is 10.3. The van der Waals surface area contributed by atoms with E-state index in [0.29, 0.717) is 11.5 Å². The third-order valence-corrected chi connectivity index (χ3v) is 2.33. The van der Waals surface area contributed by atoms with Crippen LogP contribution in [0.2, 0.25) is 0 Å². The Bertz CT molecular complexity index is 532. The molecule has 0 fully saturated rings. The number of nitrogens with zero attached hydrogens (tertiary/aromatic N) is 5. The molecule has 6 heteroatoms. The second-order valence-corrected chi connectivity index (χ2v) is 3.39. The molecule has 1 aromatic heterocycles. The van der Waals surface area contributed by atoms with Gasteiger partial charge in [0.25, 0.3) is 0 Å². The molecule has 0 spiro atoms. The van der Waals surface area contributed by atoms with E-state index in [2.05, 4.69) is 20.7 Å². The quantitative estimate of drug-likeness (QED) is 0.457. The summed E-state index contributed by atoms with van der Waals surface area (Å²) in [6.07, 6.45) is 0. The lowest BCUT2D eigenvalue weighted by Crippen LogP contribution is -2.12. The van der Waals surface area contributed by atoms with Crippen molar-refractivity contribution in [2.75, 3.05) is 0 Å². The van der Waals surface area contributed by atoms with Crippen LogP contribution in [0.5, 0.6) is 0 Å². The molecular weight excluding hydrogens is 206 g/mol. The third kappa shape index (κ3) is 1.65. The van der Waals surface area contributed by atoms with Crippen molar-refractivity contribution in [1.82, 2.24) is 20.2 Å². The Morgan fingerprint density at radius 2 is 2.12 bits per heavy atom. The molecule has 0 aliphatic rings. The number of hydrogen-bond donors (Lipinski definition) is 1. The monoisotopic (exact) mass is 217 g/mol. The van der Waals surface area contributed by atoms with Crippen LogP contribution in [0.4, 0.5) is 0 Å². The molecule has 6 nitrogen and oxygen atoms in total. The molecule has 0 saturated carbocycles. The number of aryl methyl sites for hydroxylation is 2. The van der Waals surface area contributed by atoms with Gasteiger partial charge >= 0.3 is 0 Å². The fraction of sp³-hybridized carbons (Fsp3) is 0.200. The maximum absolute atomic E-state index is 9.08. The highest BCUT2D eigenvalue weighted by Crippen LogP contribution is 2.12. The lowest BCUT2D eigenvalue weighted by molar-refractivity contribution is 0.319. The summed E-state index contributed by atoms with van der Waals surface area (Å²) in [7, 11) is 1.69. The second-order valence-electron chi connectivity index (χ2n) is 3.39. The van der Waals surface area contributed by atoms with Gasteiger partial charge in [0.2, 0.25) is 5.82 Å². The first-order chi connectivity index (χ1) is 7.74. The maximum atomic E-state index is 9.08. The molecule has 0 unspecified atom stereocenters. The van der Waals surface area contributed by atoms with Crippen LogP contribution >= 0.6 is 0 Å². The minimum atomic E-state index is 0.366. The van der Waals surface area contributed by atoms with Crippen LogP contribution in [0.3, 0.4) is 0 Å². The van der Waals surface area contributed by atoms with E-state index in [4.69, 9.17) is 5.21 Å². The van der Waals surface area contributed by atoms with Gasteiger partial charge in [-0.3, -0.25) is 0 Å². The summed E-state index contributed by atoms with van der Waals surface area (Å²) in [6, 6.07) is 7.59. The van der Waals surface area contributed by atoms with Crippen LogP contribution in [0, 0.1) is 6.92 Å². The Morgan fingerprint density at radius 3 is 2.69 bits per heavy atom. The Labute approximate surface area is 92.2 Å². The van der Waals surface area contributed by atoms with Gasteiger partial charge in [-0.2, -0.15) is 0 Å². The first-order valence-electron chi connectivity index (χ1n) is 4.75. The van der Waals surface area contributed by atoms with Crippen LogP contribution in [0.15, 0.2) is 29.4 Å². The third-order valence-electron chi connectivity index (χ3n) is 2.33. The summed E-state index contributed by atoms with van der Waals surface area (Å²) in [5, 5.41) is 23.4. The van der Waals surface area contributed by atoms with Gasteiger partial charge in [-0.15, -0.1) is 5.10 Å². The highest BCUT2D eigenvalue weighted by Gasteiger charge is 2.15. The number of hydrogen-bond acceptors (Lipinski definition) is 5. The molecule has 2 rings (SSSR count).